The van der Waals surface area contributed by atoms with Crippen LogP contribution in [0.3, 0.4) is 0 Å². The number of hydrogen-bond donors (Lipinski definition) is 2. The molecular formula is C16H29ClIN5. The van der Waals surface area contributed by atoms with Crippen LogP contribution < -0.4 is 10.6 Å². The number of hydrogen-bond acceptors (Lipinski definition) is 3. The van der Waals surface area contributed by atoms with Crippen molar-refractivity contribution in [3.8, 4) is 0 Å². The molecule has 0 aliphatic carbocycles. The number of nitrogens with one attached hydrogen (secondary N) is 2. The first-order chi connectivity index (χ1) is 10.4. The van der Waals surface area contributed by atoms with E-state index in [9.17, 15) is 0 Å². The summed E-state index contributed by atoms with van der Waals surface area (Å²) in [6.07, 6.45) is 1.77. The molecule has 0 aliphatic rings. The second-order valence-electron chi connectivity index (χ2n) is 5.77. The van der Waals surface area contributed by atoms with Crippen LogP contribution in [0.4, 0.5) is 0 Å². The second kappa shape index (κ2) is 11.9. The van der Waals surface area contributed by atoms with Gasteiger partial charge in [0.15, 0.2) is 5.96 Å². The smallest absolute Gasteiger partial charge is 0.191 e. The zero-order valence-corrected chi connectivity index (χ0v) is 17.7. The second-order valence-corrected chi connectivity index (χ2v) is 6.15. The SMILES string of the molecule is CN=C(NCCN(C(C)C)C(C)C)NCc1ccc(Cl)nc1.I. The Bertz CT molecular complexity index is 454. The standard InChI is InChI=1S/C16H28ClN5.HI/c1-12(2)22(13(3)4)9-8-19-16(18-5)21-11-14-6-7-15(17)20-10-14;/h6-7,10,12-13H,8-9,11H2,1-5H3,(H2,18,19,21);1H. The van der Waals surface area contributed by atoms with E-state index in [2.05, 4.69) is 53.2 Å². The highest BCUT2D eigenvalue weighted by molar-refractivity contribution is 14.0. The Balaban J connectivity index is 0.00000484. The maximum atomic E-state index is 5.78. The molecule has 0 amide bonds. The highest BCUT2D eigenvalue weighted by atomic mass is 127. The Morgan fingerprint density at radius 3 is 2.35 bits per heavy atom. The van der Waals surface area contributed by atoms with E-state index in [4.69, 9.17) is 11.6 Å². The van der Waals surface area contributed by atoms with Crippen molar-refractivity contribution in [3.63, 3.8) is 0 Å². The lowest BCUT2D eigenvalue weighted by Gasteiger charge is -2.30. The Morgan fingerprint density at radius 2 is 1.87 bits per heavy atom. The van der Waals surface area contributed by atoms with Gasteiger partial charge < -0.3 is 10.6 Å². The van der Waals surface area contributed by atoms with Crippen LogP contribution in [0.5, 0.6) is 0 Å². The van der Waals surface area contributed by atoms with Crippen LogP contribution >= 0.6 is 35.6 Å². The third-order valence-electron chi connectivity index (χ3n) is 3.46. The van der Waals surface area contributed by atoms with Crippen molar-refractivity contribution in [2.24, 2.45) is 4.99 Å². The lowest BCUT2D eigenvalue weighted by atomic mass is 10.2. The number of aliphatic imine (C=N–C) groups is 1. The predicted molar refractivity (Wildman–Crippen MR) is 110 cm³/mol. The maximum absolute atomic E-state index is 5.78. The molecule has 1 heterocycles. The minimum Gasteiger partial charge on any atom is -0.355 e. The normalized spacial score (nSPS) is 11.8. The predicted octanol–water partition coefficient (Wildman–Crippen LogP) is 3.14. The van der Waals surface area contributed by atoms with Crippen molar-refractivity contribution in [2.45, 2.75) is 46.3 Å². The first kappa shape index (κ1) is 22.4. The molecule has 0 bridgehead atoms. The minimum atomic E-state index is 0. The van der Waals surface area contributed by atoms with E-state index in [0.29, 0.717) is 23.8 Å². The van der Waals surface area contributed by atoms with Crippen LogP contribution in [0.2, 0.25) is 5.15 Å². The summed E-state index contributed by atoms with van der Waals surface area (Å²) in [5.41, 5.74) is 1.07. The average Bonchev–Trinajstić information content (AvgIpc) is 2.47. The van der Waals surface area contributed by atoms with Gasteiger partial charge in [-0.25, -0.2) is 4.98 Å². The number of guanidine groups is 1. The van der Waals surface area contributed by atoms with Crippen LogP contribution in [-0.2, 0) is 6.54 Å². The third kappa shape index (κ3) is 8.72. The molecule has 0 fully saturated rings. The fourth-order valence-corrected chi connectivity index (χ4v) is 2.45. The molecule has 0 saturated carbocycles. The molecular weight excluding hydrogens is 425 g/mol. The average molecular weight is 454 g/mol. The Labute approximate surface area is 162 Å². The zero-order chi connectivity index (χ0) is 16.5. The van der Waals surface area contributed by atoms with Crippen molar-refractivity contribution in [1.82, 2.24) is 20.5 Å². The van der Waals surface area contributed by atoms with E-state index in [-0.39, 0.29) is 24.0 Å². The lowest BCUT2D eigenvalue weighted by Crippen LogP contribution is -2.45. The highest BCUT2D eigenvalue weighted by Gasteiger charge is 2.12. The van der Waals surface area contributed by atoms with Gasteiger partial charge in [0.2, 0.25) is 0 Å². The van der Waals surface area contributed by atoms with Crippen molar-refractivity contribution in [1.29, 1.82) is 0 Å². The molecule has 0 aromatic carbocycles. The summed E-state index contributed by atoms with van der Waals surface area (Å²) in [4.78, 5) is 10.8. The van der Waals surface area contributed by atoms with E-state index in [1.165, 1.54) is 0 Å². The third-order valence-corrected chi connectivity index (χ3v) is 3.68. The molecule has 132 valence electrons. The largest absolute Gasteiger partial charge is 0.355 e. The van der Waals surface area contributed by atoms with Crippen LogP contribution in [0.1, 0.15) is 33.3 Å². The monoisotopic (exact) mass is 453 g/mol. The minimum absolute atomic E-state index is 0. The summed E-state index contributed by atoms with van der Waals surface area (Å²) in [5, 5.41) is 7.12. The van der Waals surface area contributed by atoms with Crippen LogP contribution in [-0.4, -0.2) is 48.1 Å². The molecule has 1 rings (SSSR count). The van der Waals surface area contributed by atoms with E-state index in [1.807, 2.05) is 6.07 Å². The van der Waals surface area contributed by atoms with Crippen LogP contribution in [0, 0.1) is 0 Å². The van der Waals surface area contributed by atoms with Gasteiger partial charge >= 0.3 is 0 Å². The van der Waals surface area contributed by atoms with Crippen LogP contribution in [0.25, 0.3) is 0 Å². The Morgan fingerprint density at radius 1 is 1.22 bits per heavy atom. The topological polar surface area (TPSA) is 52.6 Å². The molecule has 2 N–H and O–H groups in total. The van der Waals surface area contributed by atoms with Gasteiger partial charge in [-0.15, -0.1) is 24.0 Å². The molecule has 23 heavy (non-hydrogen) atoms. The molecule has 0 saturated heterocycles. The fourth-order valence-electron chi connectivity index (χ4n) is 2.33. The van der Waals surface area contributed by atoms with E-state index in [1.54, 1.807) is 19.3 Å². The van der Waals surface area contributed by atoms with Gasteiger partial charge in [0.1, 0.15) is 5.15 Å². The van der Waals surface area contributed by atoms with Gasteiger partial charge in [-0.1, -0.05) is 17.7 Å². The number of aromatic nitrogens is 1. The Kier molecular flexibility index (Phi) is 11.6. The van der Waals surface area contributed by atoms with Crippen molar-refractivity contribution >= 4 is 41.5 Å². The molecule has 0 radical (unpaired) electrons. The van der Waals surface area contributed by atoms with Crippen molar-refractivity contribution in [3.05, 3.63) is 29.0 Å². The number of nitrogens with zero attached hydrogens (tertiary/aromatic N) is 3. The number of pyridine rings is 1. The first-order valence-corrected chi connectivity index (χ1v) is 8.12. The van der Waals surface area contributed by atoms with Gasteiger partial charge in [0.05, 0.1) is 0 Å². The van der Waals surface area contributed by atoms with Gasteiger partial charge in [-0.05, 0) is 39.3 Å². The fraction of sp³-hybridized carbons (Fsp3) is 0.625. The van der Waals surface area contributed by atoms with Crippen molar-refractivity contribution in [2.75, 3.05) is 20.1 Å². The molecule has 1 aromatic heterocycles. The van der Waals surface area contributed by atoms with Crippen molar-refractivity contribution < 1.29 is 0 Å². The van der Waals surface area contributed by atoms with Gasteiger partial charge in [0.25, 0.3) is 0 Å². The zero-order valence-electron chi connectivity index (χ0n) is 14.6. The van der Waals surface area contributed by atoms with Gasteiger partial charge in [-0.3, -0.25) is 9.89 Å². The summed E-state index contributed by atoms with van der Waals surface area (Å²) in [5.74, 6) is 0.794. The summed E-state index contributed by atoms with van der Waals surface area (Å²) in [7, 11) is 1.78. The molecule has 7 heteroatoms. The molecule has 1 aromatic rings. The van der Waals surface area contributed by atoms with E-state index in [0.717, 1.165) is 24.6 Å². The summed E-state index contributed by atoms with van der Waals surface area (Å²) in [6.45, 7) is 11.4. The number of halogens is 2. The number of rotatable bonds is 7. The molecule has 0 atom stereocenters. The first-order valence-electron chi connectivity index (χ1n) is 7.74. The molecule has 5 nitrogen and oxygen atoms in total. The molecule has 0 aliphatic heterocycles. The van der Waals surface area contributed by atoms with E-state index >= 15 is 0 Å². The molecule has 0 spiro atoms. The highest BCUT2D eigenvalue weighted by Crippen LogP contribution is 2.05. The van der Waals surface area contributed by atoms with Gasteiger partial charge in [0, 0.05) is 45.0 Å². The lowest BCUT2D eigenvalue weighted by molar-refractivity contribution is 0.178. The van der Waals surface area contributed by atoms with Crippen LogP contribution in [0.15, 0.2) is 23.3 Å². The quantitative estimate of drug-likeness (QED) is 0.288. The maximum Gasteiger partial charge on any atom is 0.191 e. The van der Waals surface area contributed by atoms with E-state index < -0.39 is 0 Å². The summed E-state index contributed by atoms with van der Waals surface area (Å²) in [6, 6.07) is 4.82. The Hall–Kier alpha value is -0.600. The van der Waals surface area contributed by atoms with Gasteiger partial charge in [-0.2, -0.15) is 0 Å². The molecule has 0 unspecified atom stereocenters. The summed E-state index contributed by atoms with van der Waals surface area (Å²) >= 11 is 5.78. The summed E-state index contributed by atoms with van der Waals surface area (Å²) < 4.78 is 0.